The molecule has 1 aromatic carbocycles. The molecule has 0 radical (unpaired) electrons. The van der Waals surface area contributed by atoms with E-state index in [1.165, 1.54) is 19.5 Å². The highest BCUT2D eigenvalue weighted by atomic mass is 32.2. The first kappa shape index (κ1) is 8.70. The Balaban J connectivity index is 2.51. The first-order chi connectivity index (χ1) is 10.7. The number of nitrogens with zero attached hydrogens (tertiary/aromatic N) is 2. The van der Waals surface area contributed by atoms with Gasteiger partial charge < -0.3 is 10.5 Å². The highest BCUT2D eigenvalue weighted by molar-refractivity contribution is 7.92. The van der Waals surface area contributed by atoms with Gasteiger partial charge in [-0.2, -0.15) is 0 Å². The summed E-state index contributed by atoms with van der Waals surface area (Å²) in [5.74, 6) is 0.00386. The lowest BCUT2D eigenvalue weighted by Gasteiger charge is -2.07. The number of nitrogens with two attached hydrogens (primary N) is 1. The number of rotatable bonds is 4. The van der Waals surface area contributed by atoms with Crippen molar-refractivity contribution in [3.8, 4) is 5.75 Å². The predicted molar refractivity (Wildman–Crippen MR) is 70.2 cm³/mol. The number of aromatic nitrogens is 2. The van der Waals surface area contributed by atoms with Crippen molar-refractivity contribution >= 4 is 21.7 Å². The smallest absolute Gasteiger partial charge is 0.264 e. The van der Waals surface area contributed by atoms with Crippen molar-refractivity contribution < 1.29 is 18.6 Å². The molecule has 0 aliphatic rings. The largest absolute Gasteiger partial charge is 0.494 e. The van der Waals surface area contributed by atoms with Crippen molar-refractivity contribution in [2.45, 2.75) is 4.90 Å². The minimum Gasteiger partial charge on any atom is -0.494 e. The molecule has 2 rings (SSSR count). The van der Waals surface area contributed by atoms with E-state index >= 15 is 0 Å². The van der Waals surface area contributed by atoms with Crippen molar-refractivity contribution in [3.05, 3.63) is 36.6 Å². The Labute approximate surface area is 116 Å². The zero-order chi connectivity index (χ0) is 17.4. The number of nitrogen functional groups attached to an aromatic ring is 1. The van der Waals surface area contributed by atoms with Crippen molar-refractivity contribution in [2.24, 2.45) is 0 Å². The third-order valence-electron chi connectivity index (χ3n) is 1.98. The lowest BCUT2D eigenvalue weighted by molar-refractivity contribution is 0.411. The molecule has 3 N–H and O–H groups in total. The molecular weight excluding hydrogens is 268 g/mol. The molecule has 0 saturated carbocycles. The van der Waals surface area contributed by atoms with E-state index in [1.807, 2.05) is 4.72 Å². The van der Waals surface area contributed by atoms with Crippen LogP contribution in [0.1, 0.15) is 5.48 Å². The van der Waals surface area contributed by atoms with Crippen LogP contribution in [0.15, 0.2) is 41.5 Å². The molecule has 1 aromatic heterocycles. The molecule has 19 heavy (non-hydrogen) atoms. The number of methoxy groups -OCH3 is 1. The van der Waals surface area contributed by atoms with Crippen LogP contribution in [-0.2, 0) is 10.0 Å². The lowest BCUT2D eigenvalue weighted by atomic mass is 10.3. The van der Waals surface area contributed by atoms with Gasteiger partial charge in [0.15, 0.2) is 5.75 Å². The van der Waals surface area contributed by atoms with E-state index in [2.05, 4.69) is 9.97 Å². The second-order valence-electron chi connectivity index (χ2n) is 3.29. The molecule has 2 aromatic rings. The summed E-state index contributed by atoms with van der Waals surface area (Å²) < 4.78 is 62.1. The van der Waals surface area contributed by atoms with Crippen LogP contribution >= 0.6 is 0 Å². The molecule has 0 saturated heterocycles. The number of nitrogens with one attached hydrogen (secondary N) is 1. The molecule has 0 spiro atoms. The van der Waals surface area contributed by atoms with Gasteiger partial charge in [-0.25, -0.2) is 23.1 Å². The minimum atomic E-state index is -4.44. The topological polar surface area (TPSA) is 107 Å². The highest BCUT2D eigenvalue weighted by Gasteiger charge is 2.15. The monoisotopic (exact) mass is 284 g/mol. The number of anilines is 2. The summed E-state index contributed by atoms with van der Waals surface area (Å²) >= 11 is 0. The van der Waals surface area contributed by atoms with Gasteiger partial charge >= 0.3 is 0 Å². The number of hydrogen-bond acceptors (Lipinski definition) is 6. The summed E-state index contributed by atoms with van der Waals surface area (Å²) in [6.07, 6.45) is 2.45. The van der Waals surface area contributed by atoms with E-state index in [9.17, 15) is 8.42 Å². The Morgan fingerprint density at radius 3 is 2.37 bits per heavy atom. The van der Waals surface area contributed by atoms with Gasteiger partial charge in [-0.05, 0) is 24.2 Å². The van der Waals surface area contributed by atoms with Gasteiger partial charge in [0.2, 0.25) is 5.95 Å². The molecule has 0 bridgehead atoms. The maximum Gasteiger partial charge on any atom is 0.264 e. The van der Waals surface area contributed by atoms with Gasteiger partial charge in [-0.1, -0.05) is 0 Å². The van der Waals surface area contributed by atoms with Gasteiger partial charge in [0.25, 0.3) is 10.0 Å². The van der Waals surface area contributed by atoms with E-state index < -0.39 is 44.8 Å². The fraction of sp³-hybridized carbons (Fsp3) is 0.0909. The van der Waals surface area contributed by atoms with Gasteiger partial charge in [0, 0.05) is 5.69 Å². The quantitative estimate of drug-likeness (QED) is 0.807. The average molecular weight is 284 g/mol. The molecule has 7 nitrogen and oxygen atoms in total. The Kier molecular flexibility index (Phi) is 2.34. The molecule has 1 heterocycles. The molecule has 8 heteroatoms. The van der Waals surface area contributed by atoms with Gasteiger partial charge in [-0.3, -0.25) is 0 Å². The summed E-state index contributed by atoms with van der Waals surface area (Å²) in [6, 6.07) is -2.82. The van der Waals surface area contributed by atoms with E-state index in [1.54, 1.807) is 0 Å². The van der Waals surface area contributed by atoms with E-state index in [-0.39, 0.29) is 5.95 Å². The van der Waals surface area contributed by atoms with E-state index in [0.717, 1.165) is 0 Å². The summed E-state index contributed by atoms with van der Waals surface area (Å²) in [7, 11) is -3.05. The summed E-state index contributed by atoms with van der Waals surface area (Å²) in [4.78, 5) is 6.60. The molecule has 0 fully saturated rings. The van der Waals surface area contributed by atoms with E-state index in [4.69, 9.17) is 16.0 Å². The maximum atomic E-state index is 12.3. The molecule has 0 aliphatic heterocycles. The number of sulfonamides is 1. The van der Waals surface area contributed by atoms with Crippen LogP contribution in [0, 0.1) is 0 Å². The van der Waals surface area contributed by atoms with Crippen LogP contribution in [0.5, 0.6) is 5.75 Å². The van der Waals surface area contributed by atoms with Gasteiger partial charge in [0.05, 0.1) is 29.9 Å². The van der Waals surface area contributed by atoms with Crippen LogP contribution in [-0.4, -0.2) is 25.5 Å². The zero-order valence-corrected chi connectivity index (χ0v) is 10.6. The molecular formula is C11H12N4O3S. The molecule has 0 aliphatic carbocycles. The molecule has 0 amide bonds. The van der Waals surface area contributed by atoms with Crippen LogP contribution in [0.25, 0.3) is 0 Å². The van der Waals surface area contributed by atoms with Crippen LogP contribution in [0.4, 0.5) is 11.6 Å². The predicted octanol–water partition coefficient (Wildman–Crippen LogP) is 0.868. The Hall–Kier alpha value is -2.35. The lowest BCUT2D eigenvalue weighted by Crippen LogP contribution is -2.14. The fourth-order valence-electron chi connectivity index (χ4n) is 1.09. The van der Waals surface area contributed by atoms with Crippen LogP contribution in [0.3, 0.4) is 0 Å². The van der Waals surface area contributed by atoms with Gasteiger partial charge in [0.1, 0.15) is 0 Å². The molecule has 0 atom stereocenters. The maximum absolute atomic E-state index is 12.3. The third kappa shape index (κ3) is 3.10. The fourth-order valence-corrected chi connectivity index (χ4v) is 1.91. The van der Waals surface area contributed by atoms with Gasteiger partial charge in [-0.15, -0.1) is 0 Å². The second kappa shape index (κ2) is 5.11. The SMILES string of the molecule is [2H]c1c([2H])c(S(=O)(=O)Nc2ncc(OC)cn2)c([2H])c([2H])c1N. The number of hydrogen-bond donors (Lipinski definition) is 2. The number of ether oxygens (including phenoxy) is 1. The standard InChI is InChI=1S/C11H12N4O3S/c1-18-9-6-13-11(14-7-9)15-19(16,17)10-4-2-8(12)3-5-10/h2-7H,12H2,1H3,(H,13,14,15)/i2D,3D,4D,5D. The molecule has 0 unspecified atom stereocenters. The average Bonchev–Trinajstić information content (AvgIpc) is 2.51. The first-order valence-electron chi connectivity index (χ1n) is 6.93. The summed E-state index contributed by atoms with van der Waals surface area (Å²) in [5, 5.41) is 0. The van der Waals surface area contributed by atoms with Crippen molar-refractivity contribution in [1.82, 2.24) is 9.97 Å². The molecule has 100 valence electrons. The zero-order valence-electron chi connectivity index (χ0n) is 13.8. The Bertz CT molecular complexity index is 830. The summed E-state index contributed by atoms with van der Waals surface area (Å²) in [6.45, 7) is 0. The normalized spacial score (nSPS) is 13.9. The summed E-state index contributed by atoms with van der Waals surface area (Å²) in [5.41, 5.74) is 4.98. The second-order valence-corrected chi connectivity index (χ2v) is 4.91. The van der Waals surface area contributed by atoms with Crippen molar-refractivity contribution in [1.29, 1.82) is 0 Å². The minimum absolute atomic E-state index is 0.306. The third-order valence-corrected chi connectivity index (χ3v) is 3.17. The highest BCUT2D eigenvalue weighted by Crippen LogP contribution is 2.15. The van der Waals surface area contributed by atoms with Crippen LogP contribution < -0.4 is 15.2 Å². The van der Waals surface area contributed by atoms with E-state index in [0.29, 0.717) is 5.75 Å². The van der Waals surface area contributed by atoms with Crippen LogP contribution in [0.2, 0.25) is 0 Å². The number of benzene rings is 1. The van der Waals surface area contributed by atoms with Crippen molar-refractivity contribution in [3.63, 3.8) is 0 Å². The first-order valence-corrected chi connectivity index (χ1v) is 6.42. The Morgan fingerprint density at radius 2 is 1.84 bits per heavy atom. The van der Waals surface area contributed by atoms with Crippen molar-refractivity contribution in [2.75, 3.05) is 17.6 Å². The Morgan fingerprint density at radius 1 is 1.26 bits per heavy atom.